The number of carbonyl (C=O) groups excluding carboxylic acids is 1. The highest BCUT2D eigenvalue weighted by molar-refractivity contribution is 6.00. The Morgan fingerprint density at radius 1 is 1.04 bits per heavy atom. The fourth-order valence-electron chi connectivity index (χ4n) is 3.15. The predicted octanol–water partition coefficient (Wildman–Crippen LogP) is 4.29. The lowest BCUT2D eigenvalue weighted by Gasteiger charge is -2.05. The van der Waals surface area contributed by atoms with Crippen LogP contribution in [0, 0.1) is 11.3 Å². The van der Waals surface area contributed by atoms with Gasteiger partial charge in [0, 0.05) is 28.9 Å². The first-order valence-electron chi connectivity index (χ1n) is 8.70. The lowest BCUT2D eigenvalue weighted by molar-refractivity contribution is -0.114. The molecule has 3 N–H and O–H groups in total. The van der Waals surface area contributed by atoms with Gasteiger partial charge in [-0.15, -0.1) is 0 Å². The fraction of sp³-hybridized carbons (Fsp3) is 0. The minimum absolute atomic E-state index is 0.0808. The number of fused-ring (bicyclic) bond motifs is 1. The van der Waals surface area contributed by atoms with Crippen molar-refractivity contribution in [3.05, 3.63) is 84.2 Å². The van der Waals surface area contributed by atoms with E-state index >= 15 is 0 Å². The summed E-state index contributed by atoms with van der Waals surface area (Å²) < 4.78 is 0. The van der Waals surface area contributed by atoms with E-state index in [1.54, 1.807) is 6.20 Å². The number of aromatic nitrogens is 2. The molecule has 0 fully saturated rings. The average Bonchev–Trinajstić information content (AvgIpc) is 3.16. The molecular formula is C23H16N4O. The minimum atomic E-state index is -0.740. The summed E-state index contributed by atoms with van der Waals surface area (Å²) in [6.07, 6.45) is 5.25. The maximum Gasteiger partial charge on any atom is 0.259 e. The SMILES string of the molecule is N#CC(=Cc1cccc(-c2cnc3[nH]cc(-c4ccccc4)c3c2)c1)C(N)=O. The zero-order valence-electron chi connectivity index (χ0n) is 14.9. The van der Waals surface area contributed by atoms with Gasteiger partial charge in [-0.2, -0.15) is 5.26 Å². The number of benzene rings is 2. The molecule has 5 heteroatoms. The topological polar surface area (TPSA) is 95.6 Å². The molecule has 0 aliphatic carbocycles. The Hall–Kier alpha value is -4.17. The van der Waals surface area contributed by atoms with Crippen LogP contribution in [0.3, 0.4) is 0 Å². The molecule has 5 nitrogen and oxygen atoms in total. The molecule has 4 aromatic rings. The summed E-state index contributed by atoms with van der Waals surface area (Å²) in [5, 5.41) is 10.1. The van der Waals surface area contributed by atoms with Crippen LogP contribution in [-0.4, -0.2) is 15.9 Å². The van der Waals surface area contributed by atoms with Gasteiger partial charge in [0.2, 0.25) is 0 Å². The Morgan fingerprint density at radius 3 is 2.57 bits per heavy atom. The van der Waals surface area contributed by atoms with E-state index in [9.17, 15) is 4.79 Å². The smallest absolute Gasteiger partial charge is 0.259 e. The van der Waals surface area contributed by atoms with Crippen LogP contribution in [0.25, 0.3) is 39.4 Å². The number of pyridine rings is 1. The molecule has 0 aliphatic heterocycles. The minimum Gasteiger partial charge on any atom is -0.365 e. The van der Waals surface area contributed by atoms with Crippen LogP contribution in [-0.2, 0) is 4.79 Å². The second-order valence-electron chi connectivity index (χ2n) is 6.35. The highest BCUT2D eigenvalue weighted by atomic mass is 16.1. The van der Waals surface area contributed by atoms with Gasteiger partial charge in [-0.05, 0) is 34.9 Å². The van der Waals surface area contributed by atoms with E-state index in [2.05, 4.69) is 28.2 Å². The highest BCUT2D eigenvalue weighted by Crippen LogP contribution is 2.31. The Bertz CT molecular complexity index is 1250. The van der Waals surface area contributed by atoms with Crippen molar-refractivity contribution in [1.82, 2.24) is 9.97 Å². The number of aromatic amines is 1. The molecule has 1 amide bonds. The number of nitrogens with zero attached hydrogens (tertiary/aromatic N) is 2. The number of nitrogens with one attached hydrogen (secondary N) is 1. The number of nitriles is 1. The lowest BCUT2D eigenvalue weighted by Crippen LogP contribution is -2.12. The molecule has 0 aliphatic rings. The van der Waals surface area contributed by atoms with Crippen LogP contribution >= 0.6 is 0 Å². The van der Waals surface area contributed by atoms with E-state index in [-0.39, 0.29) is 5.57 Å². The van der Waals surface area contributed by atoms with Crippen LogP contribution in [0.15, 0.2) is 78.6 Å². The highest BCUT2D eigenvalue weighted by Gasteiger charge is 2.09. The first-order chi connectivity index (χ1) is 13.7. The van der Waals surface area contributed by atoms with Crippen molar-refractivity contribution in [3.63, 3.8) is 0 Å². The van der Waals surface area contributed by atoms with E-state index in [0.29, 0.717) is 0 Å². The third-order valence-corrected chi connectivity index (χ3v) is 4.53. The summed E-state index contributed by atoms with van der Waals surface area (Å²) in [5.41, 5.74) is 10.8. The second-order valence-corrected chi connectivity index (χ2v) is 6.35. The Balaban J connectivity index is 1.79. The third-order valence-electron chi connectivity index (χ3n) is 4.53. The van der Waals surface area contributed by atoms with Gasteiger partial charge in [0.25, 0.3) is 5.91 Å². The lowest BCUT2D eigenvalue weighted by atomic mass is 10.0. The third kappa shape index (κ3) is 3.27. The summed E-state index contributed by atoms with van der Waals surface area (Å²) in [7, 11) is 0. The van der Waals surface area contributed by atoms with E-state index in [0.717, 1.165) is 38.9 Å². The van der Waals surface area contributed by atoms with Crippen molar-refractivity contribution in [1.29, 1.82) is 5.26 Å². The number of H-pyrrole nitrogens is 1. The molecule has 0 bridgehead atoms. The molecule has 4 rings (SSSR count). The number of nitrogens with two attached hydrogens (primary N) is 1. The average molecular weight is 364 g/mol. The number of primary amides is 1. The molecule has 0 radical (unpaired) electrons. The molecule has 0 saturated carbocycles. The van der Waals surface area contributed by atoms with Gasteiger partial charge in [-0.1, -0.05) is 48.5 Å². The van der Waals surface area contributed by atoms with E-state index in [1.165, 1.54) is 6.08 Å². The summed E-state index contributed by atoms with van der Waals surface area (Å²) in [4.78, 5) is 19.1. The molecule has 134 valence electrons. The maximum absolute atomic E-state index is 11.3. The van der Waals surface area contributed by atoms with Gasteiger partial charge in [0.05, 0.1) is 0 Å². The van der Waals surface area contributed by atoms with Gasteiger partial charge in [0.15, 0.2) is 0 Å². The number of rotatable bonds is 4. The molecule has 0 atom stereocenters. The second kappa shape index (κ2) is 7.22. The number of hydrogen-bond donors (Lipinski definition) is 2. The van der Waals surface area contributed by atoms with E-state index in [1.807, 2.05) is 54.7 Å². The predicted molar refractivity (Wildman–Crippen MR) is 110 cm³/mol. The molecule has 2 aromatic heterocycles. The quantitative estimate of drug-likeness (QED) is 0.418. The molecule has 2 heterocycles. The van der Waals surface area contributed by atoms with Crippen molar-refractivity contribution in [2.24, 2.45) is 5.73 Å². The monoisotopic (exact) mass is 364 g/mol. The first kappa shape index (κ1) is 17.3. The zero-order valence-corrected chi connectivity index (χ0v) is 14.9. The Morgan fingerprint density at radius 2 is 1.82 bits per heavy atom. The number of carbonyl (C=O) groups is 1. The zero-order chi connectivity index (χ0) is 19.5. The molecule has 0 unspecified atom stereocenters. The van der Waals surface area contributed by atoms with Crippen molar-refractivity contribution in [2.75, 3.05) is 0 Å². The van der Waals surface area contributed by atoms with Crippen molar-refractivity contribution in [2.45, 2.75) is 0 Å². The summed E-state index contributed by atoms with van der Waals surface area (Å²) in [6.45, 7) is 0. The first-order valence-corrected chi connectivity index (χ1v) is 8.70. The van der Waals surface area contributed by atoms with Gasteiger partial charge < -0.3 is 10.7 Å². The largest absolute Gasteiger partial charge is 0.365 e. The standard InChI is InChI=1S/C23H16N4O/c24-12-18(22(25)28)10-15-5-4-8-17(9-15)19-11-20-21(14-27-23(20)26-13-19)16-6-2-1-3-7-16/h1-11,13-14H,(H2,25,28)(H,26,27). The van der Waals surface area contributed by atoms with Gasteiger partial charge in [-0.25, -0.2) is 4.98 Å². The van der Waals surface area contributed by atoms with E-state index in [4.69, 9.17) is 11.0 Å². The van der Waals surface area contributed by atoms with Gasteiger partial charge in [-0.3, -0.25) is 4.79 Å². The Kier molecular flexibility index (Phi) is 4.45. The van der Waals surface area contributed by atoms with Gasteiger partial charge >= 0.3 is 0 Å². The molecular weight excluding hydrogens is 348 g/mol. The Labute approximate surface area is 161 Å². The number of amides is 1. The van der Waals surface area contributed by atoms with Crippen molar-refractivity contribution >= 4 is 23.0 Å². The van der Waals surface area contributed by atoms with Gasteiger partial charge in [0.1, 0.15) is 17.3 Å². The summed E-state index contributed by atoms with van der Waals surface area (Å²) in [5.74, 6) is -0.740. The molecule has 2 aromatic carbocycles. The van der Waals surface area contributed by atoms with E-state index < -0.39 is 5.91 Å². The summed E-state index contributed by atoms with van der Waals surface area (Å²) in [6, 6.07) is 21.6. The van der Waals surface area contributed by atoms with Crippen LogP contribution in [0.4, 0.5) is 0 Å². The normalized spacial score (nSPS) is 11.3. The van der Waals surface area contributed by atoms with Crippen LogP contribution < -0.4 is 5.73 Å². The molecule has 0 saturated heterocycles. The van der Waals surface area contributed by atoms with Crippen molar-refractivity contribution in [3.8, 4) is 28.3 Å². The maximum atomic E-state index is 11.3. The fourth-order valence-corrected chi connectivity index (χ4v) is 3.15. The number of hydrogen-bond acceptors (Lipinski definition) is 3. The molecule has 28 heavy (non-hydrogen) atoms. The summed E-state index contributed by atoms with van der Waals surface area (Å²) >= 11 is 0. The van der Waals surface area contributed by atoms with Crippen LogP contribution in [0.1, 0.15) is 5.56 Å². The van der Waals surface area contributed by atoms with Crippen LogP contribution in [0.2, 0.25) is 0 Å². The molecule has 0 spiro atoms. The van der Waals surface area contributed by atoms with Crippen molar-refractivity contribution < 1.29 is 4.79 Å². The van der Waals surface area contributed by atoms with Crippen LogP contribution in [0.5, 0.6) is 0 Å².